The molecule has 0 aromatic carbocycles. The lowest BCUT2D eigenvalue weighted by molar-refractivity contribution is 0.0938. The molecule has 1 aromatic heterocycles. The van der Waals surface area contributed by atoms with Crippen LogP contribution in [-0.4, -0.2) is 25.0 Å². The van der Waals surface area contributed by atoms with Crippen LogP contribution in [0.5, 0.6) is 0 Å². The third kappa shape index (κ3) is 1.80. The highest BCUT2D eigenvalue weighted by molar-refractivity contribution is 5.95. The maximum atomic E-state index is 11.7. The molecule has 1 fully saturated rings. The summed E-state index contributed by atoms with van der Waals surface area (Å²) in [4.78, 5) is 11.7. The van der Waals surface area contributed by atoms with Crippen molar-refractivity contribution in [3.63, 3.8) is 0 Å². The van der Waals surface area contributed by atoms with Crippen LogP contribution in [0.3, 0.4) is 0 Å². The van der Waals surface area contributed by atoms with Crippen LogP contribution < -0.4 is 10.6 Å². The van der Waals surface area contributed by atoms with Gasteiger partial charge >= 0.3 is 0 Å². The van der Waals surface area contributed by atoms with E-state index in [0.29, 0.717) is 11.3 Å². The second-order valence-corrected chi connectivity index (χ2v) is 3.55. The Morgan fingerprint density at radius 3 is 3.14 bits per heavy atom. The lowest BCUT2D eigenvalue weighted by Gasteiger charge is -2.10. The van der Waals surface area contributed by atoms with E-state index < -0.39 is 0 Å². The number of carbonyl (C=O) groups is 1. The van der Waals surface area contributed by atoms with Crippen molar-refractivity contribution in [3.05, 3.63) is 23.7 Å². The van der Waals surface area contributed by atoms with Crippen molar-refractivity contribution in [2.45, 2.75) is 19.4 Å². The van der Waals surface area contributed by atoms with Gasteiger partial charge in [-0.25, -0.2) is 0 Å². The molecule has 4 nitrogen and oxygen atoms in total. The Hall–Kier alpha value is -1.29. The summed E-state index contributed by atoms with van der Waals surface area (Å²) in [5.41, 5.74) is 0.636. The highest BCUT2D eigenvalue weighted by atomic mass is 16.3. The van der Waals surface area contributed by atoms with Crippen LogP contribution in [0.4, 0.5) is 0 Å². The average molecular weight is 194 g/mol. The minimum atomic E-state index is -0.0371. The van der Waals surface area contributed by atoms with Crippen LogP contribution in [0.25, 0.3) is 0 Å². The van der Waals surface area contributed by atoms with Gasteiger partial charge in [0, 0.05) is 12.6 Å². The molecule has 0 unspecified atom stereocenters. The van der Waals surface area contributed by atoms with E-state index in [1.54, 1.807) is 13.0 Å². The van der Waals surface area contributed by atoms with Gasteiger partial charge in [-0.2, -0.15) is 0 Å². The molecule has 0 bridgehead atoms. The molecular weight excluding hydrogens is 180 g/mol. The molecule has 2 heterocycles. The Morgan fingerprint density at radius 2 is 2.57 bits per heavy atom. The molecule has 1 aromatic rings. The largest absolute Gasteiger partial charge is 0.469 e. The lowest BCUT2D eigenvalue weighted by atomic mass is 10.2. The van der Waals surface area contributed by atoms with Crippen molar-refractivity contribution in [1.82, 2.24) is 10.6 Å². The molecular formula is C10H14N2O2. The Labute approximate surface area is 82.7 Å². The van der Waals surface area contributed by atoms with Gasteiger partial charge in [-0.15, -0.1) is 0 Å². The number of nitrogens with one attached hydrogen (secondary N) is 2. The molecule has 76 valence electrons. The summed E-state index contributed by atoms with van der Waals surface area (Å²) in [6.07, 6.45) is 2.54. The summed E-state index contributed by atoms with van der Waals surface area (Å²) in [7, 11) is 0. The van der Waals surface area contributed by atoms with Gasteiger partial charge in [0.1, 0.15) is 5.76 Å². The predicted octanol–water partition coefficient (Wildman–Crippen LogP) is 0.680. The van der Waals surface area contributed by atoms with E-state index in [0.717, 1.165) is 19.5 Å². The number of amides is 1. The van der Waals surface area contributed by atoms with Gasteiger partial charge in [0.15, 0.2) is 0 Å². The molecule has 0 spiro atoms. The van der Waals surface area contributed by atoms with Gasteiger partial charge in [-0.05, 0) is 26.0 Å². The van der Waals surface area contributed by atoms with E-state index in [9.17, 15) is 4.79 Å². The SMILES string of the molecule is Cc1occc1C(=O)N[C@@H]1CCNC1. The molecule has 0 radical (unpaired) electrons. The molecule has 1 amide bonds. The zero-order valence-electron chi connectivity index (χ0n) is 8.17. The molecule has 14 heavy (non-hydrogen) atoms. The van der Waals surface area contributed by atoms with Gasteiger partial charge in [0.2, 0.25) is 0 Å². The minimum absolute atomic E-state index is 0.0371. The Morgan fingerprint density at radius 1 is 1.71 bits per heavy atom. The summed E-state index contributed by atoms with van der Waals surface area (Å²) < 4.78 is 5.07. The van der Waals surface area contributed by atoms with E-state index in [-0.39, 0.29) is 11.9 Å². The van der Waals surface area contributed by atoms with Crippen LogP contribution >= 0.6 is 0 Å². The zero-order valence-corrected chi connectivity index (χ0v) is 8.17. The summed E-state index contributed by atoms with van der Waals surface area (Å²) in [6.45, 7) is 3.64. The van der Waals surface area contributed by atoms with Gasteiger partial charge in [-0.3, -0.25) is 4.79 Å². The lowest BCUT2D eigenvalue weighted by Crippen LogP contribution is -2.36. The summed E-state index contributed by atoms with van der Waals surface area (Å²) in [5.74, 6) is 0.637. The molecule has 1 aliphatic rings. The smallest absolute Gasteiger partial charge is 0.255 e. The predicted molar refractivity (Wildman–Crippen MR) is 52.2 cm³/mol. The highest BCUT2D eigenvalue weighted by Gasteiger charge is 2.19. The fourth-order valence-corrected chi connectivity index (χ4v) is 1.66. The maximum Gasteiger partial charge on any atom is 0.255 e. The number of hydrogen-bond acceptors (Lipinski definition) is 3. The number of rotatable bonds is 2. The minimum Gasteiger partial charge on any atom is -0.469 e. The first-order chi connectivity index (χ1) is 6.77. The molecule has 4 heteroatoms. The first-order valence-corrected chi connectivity index (χ1v) is 4.83. The highest BCUT2D eigenvalue weighted by Crippen LogP contribution is 2.09. The van der Waals surface area contributed by atoms with Crippen molar-refractivity contribution in [1.29, 1.82) is 0 Å². The molecule has 2 N–H and O–H groups in total. The number of hydrogen-bond donors (Lipinski definition) is 2. The van der Waals surface area contributed by atoms with Crippen molar-refractivity contribution in [3.8, 4) is 0 Å². The topological polar surface area (TPSA) is 54.3 Å². The summed E-state index contributed by atoms with van der Waals surface area (Å²) in [6, 6.07) is 1.96. The van der Waals surface area contributed by atoms with Crippen LogP contribution in [-0.2, 0) is 0 Å². The van der Waals surface area contributed by atoms with Crippen LogP contribution in [0.2, 0.25) is 0 Å². The normalized spacial score (nSPS) is 21.1. The Bertz CT molecular complexity index is 327. The van der Waals surface area contributed by atoms with E-state index in [1.165, 1.54) is 6.26 Å². The first-order valence-electron chi connectivity index (χ1n) is 4.83. The van der Waals surface area contributed by atoms with E-state index in [1.807, 2.05) is 0 Å². The fraction of sp³-hybridized carbons (Fsp3) is 0.500. The van der Waals surface area contributed by atoms with E-state index >= 15 is 0 Å². The van der Waals surface area contributed by atoms with Gasteiger partial charge < -0.3 is 15.1 Å². The monoisotopic (exact) mass is 194 g/mol. The third-order valence-electron chi connectivity index (χ3n) is 2.50. The second kappa shape index (κ2) is 3.84. The summed E-state index contributed by atoms with van der Waals surface area (Å²) >= 11 is 0. The molecule has 0 aliphatic carbocycles. The zero-order chi connectivity index (χ0) is 9.97. The Kier molecular flexibility index (Phi) is 2.54. The fourth-order valence-electron chi connectivity index (χ4n) is 1.66. The summed E-state index contributed by atoms with van der Waals surface area (Å²) in [5, 5.41) is 6.16. The number of aryl methyl sites for hydroxylation is 1. The standard InChI is InChI=1S/C10H14N2O2/c1-7-9(3-5-14-7)10(13)12-8-2-4-11-6-8/h3,5,8,11H,2,4,6H2,1H3,(H,12,13)/t8-/m1/s1. The van der Waals surface area contributed by atoms with Crippen LogP contribution in [0, 0.1) is 6.92 Å². The average Bonchev–Trinajstić information content (AvgIpc) is 2.75. The molecule has 1 aliphatic heterocycles. The second-order valence-electron chi connectivity index (χ2n) is 3.55. The van der Waals surface area contributed by atoms with Crippen LogP contribution in [0.15, 0.2) is 16.7 Å². The van der Waals surface area contributed by atoms with E-state index in [4.69, 9.17) is 4.42 Å². The number of carbonyl (C=O) groups excluding carboxylic acids is 1. The molecule has 1 saturated heterocycles. The van der Waals surface area contributed by atoms with Gasteiger partial charge in [0.25, 0.3) is 5.91 Å². The van der Waals surface area contributed by atoms with Crippen LogP contribution in [0.1, 0.15) is 22.5 Å². The number of furan rings is 1. The van der Waals surface area contributed by atoms with Crippen molar-refractivity contribution in [2.75, 3.05) is 13.1 Å². The first kappa shape index (κ1) is 9.27. The van der Waals surface area contributed by atoms with Crippen molar-refractivity contribution in [2.24, 2.45) is 0 Å². The van der Waals surface area contributed by atoms with Gasteiger partial charge in [-0.1, -0.05) is 0 Å². The molecule has 2 rings (SSSR count). The van der Waals surface area contributed by atoms with Crippen molar-refractivity contribution < 1.29 is 9.21 Å². The third-order valence-corrected chi connectivity index (χ3v) is 2.50. The Balaban J connectivity index is 1.98. The quantitative estimate of drug-likeness (QED) is 0.728. The maximum absolute atomic E-state index is 11.7. The molecule has 1 atom stereocenters. The molecule has 0 saturated carbocycles. The van der Waals surface area contributed by atoms with Crippen molar-refractivity contribution >= 4 is 5.91 Å². The van der Waals surface area contributed by atoms with Gasteiger partial charge in [0.05, 0.1) is 11.8 Å². The van der Waals surface area contributed by atoms with E-state index in [2.05, 4.69) is 10.6 Å².